The van der Waals surface area contributed by atoms with E-state index in [1.165, 1.54) is 26.4 Å². The van der Waals surface area contributed by atoms with Gasteiger partial charge < -0.3 is 19.3 Å². The van der Waals surface area contributed by atoms with E-state index in [-0.39, 0.29) is 29.4 Å². The van der Waals surface area contributed by atoms with Gasteiger partial charge in [-0.05, 0) is 19.1 Å². The molecule has 1 N–H and O–H groups in total. The van der Waals surface area contributed by atoms with Gasteiger partial charge in [-0.3, -0.25) is 4.79 Å². The highest BCUT2D eigenvalue weighted by molar-refractivity contribution is 6.42. The predicted molar refractivity (Wildman–Crippen MR) is 62.2 cm³/mol. The number of methoxy groups -OCH3 is 2. The van der Waals surface area contributed by atoms with E-state index < -0.39 is 11.8 Å². The Hall–Kier alpha value is -2.24. The average molecular weight is 254 g/mol. The lowest BCUT2D eigenvalue weighted by Gasteiger charge is -2.12. The van der Waals surface area contributed by atoms with Gasteiger partial charge >= 0.3 is 5.97 Å². The molecule has 1 aromatic carbocycles. The fourth-order valence-electron chi connectivity index (χ4n) is 1.43. The zero-order valence-electron chi connectivity index (χ0n) is 10.4. The van der Waals surface area contributed by atoms with Crippen molar-refractivity contribution in [3.05, 3.63) is 17.7 Å². The molecule has 6 heteroatoms. The number of carbonyl (C=O) groups excluding carboxylic acids is 2. The van der Waals surface area contributed by atoms with Gasteiger partial charge in [-0.1, -0.05) is 0 Å². The van der Waals surface area contributed by atoms with Crippen molar-refractivity contribution >= 4 is 11.8 Å². The number of esters is 1. The third-order valence-electron chi connectivity index (χ3n) is 2.21. The molecule has 0 aliphatic carbocycles. The lowest BCUT2D eigenvalue weighted by atomic mass is 10.1. The summed E-state index contributed by atoms with van der Waals surface area (Å²) >= 11 is 0. The summed E-state index contributed by atoms with van der Waals surface area (Å²) in [7, 11) is 2.69. The van der Waals surface area contributed by atoms with Crippen LogP contribution in [-0.4, -0.2) is 37.7 Å². The van der Waals surface area contributed by atoms with Crippen molar-refractivity contribution in [3.63, 3.8) is 0 Å². The number of aromatic hydroxyl groups is 1. The van der Waals surface area contributed by atoms with Crippen molar-refractivity contribution in [3.8, 4) is 17.2 Å². The molecule has 98 valence electrons. The largest absolute Gasteiger partial charge is 0.507 e. The first-order valence-electron chi connectivity index (χ1n) is 5.22. The highest BCUT2D eigenvalue weighted by Crippen LogP contribution is 2.37. The summed E-state index contributed by atoms with van der Waals surface area (Å²) in [5.74, 6) is -2.17. The first-order chi connectivity index (χ1) is 8.56. The summed E-state index contributed by atoms with van der Waals surface area (Å²) in [5, 5.41) is 9.67. The van der Waals surface area contributed by atoms with E-state index in [1.807, 2.05) is 0 Å². The summed E-state index contributed by atoms with van der Waals surface area (Å²) in [6, 6.07) is 2.67. The van der Waals surface area contributed by atoms with E-state index in [4.69, 9.17) is 9.47 Å². The Morgan fingerprint density at radius 3 is 2.39 bits per heavy atom. The third kappa shape index (κ3) is 2.53. The maximum absolute atomic E-state index is 11.8. The average Bonchev–Trinajstić information content (AvgIpc) is 2.37. The van der Waals surface area contributed by atoms with Gasteiger partial charge in [-0.2, -0.15) is 0 Å². The van der Waals surface area contributed by atoms with Crippen LogP contribution in [0.4, 0.5) is 0 Å². The normalized spacial score (nSPS) is 9.72. The number of ketones is 1. The minimum absolute atomic E-state index is 0.00412. The lowest BCUT2D eigenvalue weighted by Crippen LogP contribution is -2.18. The molecule has 0 spiro atoms. The number of benzene rings is 1. The minimum Gasteiger partial charge on any atom is -0.507 e. The van der Waals surface area contributed by atoms with Crippen LogP contribution < -0.4 is 9.47 Å². The highest BCUT2D eigenvalue weighted by Gasteiger charge is 2.27. The number of hydrogen-bond acceptors (Lipinski definition) is 6. The van der Waals surface area contributed by atoms with E-state index >= 15 is 0 Å². The molecule has 0 aromatic heterocycles. The number of phenolic OH excluding ortho intramolecular Hbond substituents is 1. The van der Waals surface area contributed by atoms with Gasteiger partial charge in [0.25, 0.3) is 5.78 Å². The van der Waals surface area contributed by atoms with Crippen LogP contribution >= 0.6 is 0 Å². The number of Topliss-reactive ketones (excluding diaryl/α,β-unsaturated/α-hetero) is 1. The van der Waals surface area contributed by atoms with Crippen LogP contribution in [0.25, 0.3) is 0 Å². The Labute approximate surface area is 104 Å². The molecule has 0 heterocycles. The molecule has 0 atom stereocenters. The number of rotatable bonds is 5. The molecule has 6 nitrogen and oxygen atoms in total. The Kier molecular flexibility index (Phi) is 4.53. The summed E-state index contributed by atoms with van der Waals surface area (Å²) in [5.41, 5.74) is -0.268. The van der Waals surface area contributed by atoms with Crippen molar-refractivity contribution < 1.29 is 28.9 Å². The molecule has 0 aliphatic heterocycles. The number of carbonyl (C=O) groups is 2. The van der Waals surface area contributed by atoms with Gasteiger partial charge in [0.15, 0.2) is 11.5 Å². The minimum atomic E-state index is -1.06. The lowest BCUT2D eigenvalue weighted by molar-refractivity contribution is -0.137. The van der Waals surface area contributed by atoms with Gasteiger partial charge in [0.1, 0.15) is 11.3 Å². The molecule has 0 fully saturated rings. The molecular formula is C12H14O6. The standard InChI is InChI=1S/C12H14O6/c1-4-18-12(15)10(14)9-7(13)5-6-8(16-2)11(9)17-3/h5-6,13H,4H2,1-3H3. The summed E-state index contributed by atoms with van der Waals surface area (Å²) in [6.07, 6.45) is 0. The molecule has 0 amide bonds. The predicted octanol–water partition coefficient (Wildman–Crippen LogP) is 1.16. The van der Waals surface area contributed by atoms with Crippen LogP contribution in [0.1, 0.15) is 17.3 Å². The van der Waals surface area contributed by atoms with Gasteiger partial charge in [0.05, 0.1) is 20.8 Å². The Bertz CT molecular complexity index is 466. The fourth-order valence-corrected chi connectivity index (χ4v) is 1.43. The van der Waals surface area contributed by atoms with Crippen LogP contribution in [0.2, 0.25) is 0 Å². The second kappa shape index (κ2) is 5.90. The van der Waals surface area contributed by atoms with Gasteiger partial charge in [-0.15, -0.1) is 0 Å². The topological polar surface area (TPSA) is 82.1 Å². The van der Waals surface area contributed by atoms with E-state index in [1.54, 1.807) is 6.92 Å². The molecule has 0 aliphatic rings. The summed E-state index contributed by atoms with van der Waals surface area (Å²) < 4.78 is 14.6. The van der Waals surface area contributed by atoms with Gasteiger partial charge in [0.2, 0.25) is 0 Å². The number of phenols is 1. The van der Waals surface area contributed by atoms with E-state index in [0.717, 1.165) is 0 Å². The van der Waals surface area contributed by atoms with Gasteiger partial charge in [0, 0.05) is 0 Å². The molecule has 0 radical (unpaired) electrons. The van der Waals surface area contributed by atoms with E-state index in [0.29, 0.717) is 0 Å². The first kappa shape index (κ1) is 13.8. The summed E-state index contributed by atoms with van der Waals surface area (Å²) in [4.78, 5) is 23.2. The molecule has 0 saturated heterocycles. The van der Waals surface area contributed by atoms with Crippen molar-refractivity contribution in [2.24, 2.45) is 0 Å². The smallest absolute Gasteiger partial charge is 0.379 e. The zero-order chi connectivity index (χ0) is 13.7. The molecule has 0 unspecified atom stereocenters. The first-order valence-corrected chi connectivity index (χ1v) is 5.22. The number of hydrogen-bond donors (Lipinski definition) is 1. The Balaban J connectivity index is 3.29. The monoisotopic (exact) mass is 254 g/mol. The van der Waals surface area contributed by atoms with Crippen LogP contribution in [-0.2, 0) is 9.53 Å². The van der Waals surface area contributed by atoms with Crippen LogP contribution in [0.5, 0.6) is 17.2 Å². The second-order valence-corrected chi connectivity index (χ2v) is 3.24. The van der Waals surface area contributed by atoms with Crippen LogP contribution in [0.3, 0.4) is 0 Å². The maximum atomic E-state index is 11.8. The Morgan fingerprint density at radius 2 is 1.89 bits per heavy atom. The highest BCUT2D eigenvalue weighted by atomic mass is 16.5. The van der Waals surface area contributed by atoms with Crippen molar-refractivity contribution in [2.45, 2.75) is 6.92 Å². The van der Waals surface area contributed by atoms with E-state index in [9.17, 15) is 14.7 Å². The molecule has 0 bridgehead atoms. The second-order valence-electron chi connectivity index (χ2n) is 3.24. The quantitative estimate of drug-likeness (QED) is 0.482. The molecular weight excluding hydrogens is 240 g/mol. The third-order valence-corrected chi connectivity index (χ3v) is 2.21. The zero-order valence-corrected chi connectivity index (χ0v) is 10.4. The fraction of sp³-hybridized carbons (Fsp3) is 0.333. The SMILES string of the molecule is CCOC(=O)C(=O)c1c(O)ccc(OC)c1OC. The number of ether oxygens (including phenoxy) is 3. The maximum Gasteiger partial charge on any atom is 0.379 e. The van der Waals surface area contributed by atoms with Crippen LogP contribution in [0, 0.1) is 0 Å². The Morgan fingerprint density at radius 1 is 1.22 bits per heavy atom. The van der Waals surface area contributed by atoms with Crippen molar-refractivity contribution in [1.82, 2.24) is 0 Å². The van der Waals surface area contributed by atoms with Crippen LogP contribution in [0.15, 0.2) is 12.1 Å². The molecule has 18 heavy (non-hydrogen) atoms. The van der Waals surface area contributed by atoms with Gasteiger partial charge in [-0.25, -0.2) is 4.79 Å². The molecule has 1 aromatic rings. The molecule has 1 rings (SSSR count). The van der Waals surface area contributed by atoms with E-state index in [2.05, 4.69) is 4.74 Å². The molecule has 0 saturated carbocycles. The van der Waals surface area contributed by atoms with Crippen molar-refractivity contribution in [2.75, 3.05) is 20.8 Å². The van der Waals surface area contributed by atoms with Crippen molar-refractivity contribution in [1.29, 1.82) is 0 Å². The summed E-state index contributed by atoms with van der Waals surface area (Å²) in [6.45, 7) is 1.64.